The molecule has 4 aromatic rings. The molecule has 210 valence electrons. The quantitative estimate of drug-likeness (QED) is 0.212. The number of ether oxygens (including phenoxy) is 1. The number of rotatable bonds is 7. The van der Waals surface area contributed by atoms with E-state index in [4.69, 9.17) is 33.7 Å². The Hall–Kier alpha value is -4.68. The first-order valence-corrected chi connectivity index (χ1v) is 12.3. The van der Waals surface area contributed by atoms with E-state index in [1.165, 1.54) is 49.8 Å². The Balaban J connectivity index is 1.80. The fraction of sp³-hybridized carbons (Fsp3) is 0.0741. The molecule has 0 aliphatic heterocycles. The van der Waals surface area contributed by atoms with E-state index in [2.05, 4.69) is 25.6 Å². The number of hydrogen-bond donors (Lipinski definition) is 3. The number of carbonyl (C=O) groups excluding carboxylic acids is 2. The first-order valence-electron chi connectivity index (χ1n) is 11.6. The van der Waals surface area contributed by atoms with Crippen LogP contribution in [-0.4, -0.2) is 40.8 Å². The number of methoxy groups -OCH3 is 1. The molecule has 2 aromatic heterocycles. The minimum Gasteiger partial charge on any atom is -0.481 e. The van der Waals surface area contributed by atoms with E-state index in [0.717, 1.165) is 0 Å². The summed E-state index contributed by atoms with van der Waals surface area (Å²) in [5.74, 6) is -1.79. The van der Waals surface area contributed by atoms with Crippen molar-refractivity contribution in [3.63, 3.8) is 0 Å². The highest BCUT2D eigenvalue weighted by molar-refractivity contribution is 6.49. The van der Waals surface area contributed by atoms with Crippen molar-refractivity contribution < 1.29 is 27.5 Å². The van der Waals surface area contributed by atoms with E-state index in [0.29, 0.717) is 28.4 Å². The zero-order chi connectivity index (χ0) is 29.7. The molecule has 41 heavy (non-hydrogen) atoms. The van der Waals surface area contributed by atoms with Crippen LogP contribution in [0.25, 0.3) is 10.8 Å². The second-order valence-corrected chi connectivity index (χ2v) is 9.02. The van der Waals surface area contributed by atoms with Crippen LogP contribution in [0.15, 0.2) is 83.8 Å². The number of alkyl halides is 3. The SMILES string of the molecule is COc1ccc(NC(=O)c2cc3ccccc3c(Cl)c2NC(=O)C(C=C(N)C(F)(F)F)=Nc2ncccc2Cl)cn1. The average molecular weight is 603 g/mol. The van der Waals surface area contributed by atoms with Crippen LogP contribution in [-0.2, 0) is 4.79 Å². The first kappa shape index (κ1) is 29.3. The van der Waals surface area contributed by atoms with Crippen molar-refractivity contribution in [2.45, 2.75) is 6.18 Å². The van der Waals surface area contributed by atoms with Crippen LogP contribution in [0.4, 0.5) is 30.4 Å². The Morgan fingerprint density at radius 1 is 1.05 bits per heavy atom. The number of allylic oxidation sites excluding steroid dienone is 1. The van der Waals surface area contributed by atoms with Crippen molar-refractivity contribution >= 4 is 68.7 Å². The van der Waals surface area contributed by atoms with Crippen LogP contribution in [0.5, 0.6) is 5.88 Å². The van der Waals surface area contributed by atoms with Crippen LogP contribution in [0, 0.1) is 0 Å². The number of nitrogens with one attached hydrogen (secondary N) is 2. The van der Waals surface area contributed by atoms with Crippen molar-refractivity contribution in [2.24, 2.45) is 10.7 Å². The predicted octanol–water partition coefficient (Wildman–Crippen LogP) is 6.31. The summed E-state index contributed by atoms with van der Waals surface area (Å²) >= 11 is 12.7. The number of aliphatic imine (C=N–C) groups is 1. The van der Waals surface area contributed by atoms with Gasteiger partial charge in [0.2, 0.25) is 5.88 Å². The molecule has 4 rings (SSSR count). The summed E-state index contributed by atoms with van der Waals surface area (Å²) < 4.78 is 44.8. The molecular weight excluding hydrogens is 584 g/mol. The van der Waals surface area contributed by atoms with E-state index in [9.17, 15) is 22.8 Å². The Labute approximate surface area is 240 Å². The predicted molar refractivity (Wildman–Crippen MR) is 151 cm³/mol. The molecule has 2 heterocycles. The van der Waals surface area contributed by atoms with Crippen LogP contribution in [0.1, 0.15) is 10.4 Å². The van der Waals surface area contributed by atoms with Gasteiger partial charge in [-0.25, -0.2) is 15.0 Å². The number of halogens is 5. The van der Waals surface area contributed by atoms with Gasteiger partial charge < -0.3 is 21.1 Å². The highest BCUT2D eigenvalue weighted by Crippen LogP contribution is 2.35. The molecule has 0 saturated carbocycles. The van der Waals surface area contributed by atoms with Crippen LogP contribution < -0.4 is 21.1 Å². The molecule has 2 aromatic carbocycles. The van der Waals surface area contributed by atoms with Gasteiger partial charge in [0.05, 0.1) is 40.3 Å². The van der Waals surface area contributed by atoms with Crippen molar-refractivity contribution in [1.29, 1.82) is 0 Å². The van der Waals surface area contributed by atoms with Gasteiger partial charge in [-0.15, -0.1) is 0 Å². The number of carbonyl (C=O) groups is 2. The minimum atomic E-state index is -4.97. The van der Waals surface area contributed by atoms with Gasteiger partial charge in [0.25, 0.3) is 11.8 Å². The summed E-state index contributed by atoms with van der Waals surface area (Å²) in [5, 5.41) is 6.00. The fourth-order valence-electron chi connectivity index (χ4n) is 3.51. The Bertz CT molecular complexity index is 1690. The monoisotopic (exact) mass is 602 g/mol. The van der Waals surface area contributed by atoms with Gasteiger partial charge in [-0.1, -0.05) is 47.5 Å². The van der Waals surface area contributed by atoms with Gasteiger partial charge in [0.1, 0.15) is 11.4 Å². The third-order valence-electron chi connectivity index (χ3n) is 5.49. The number of nitrogens with two attached hydrogens (primary N) is 1. The zero-order valence-electron chi connectivity index (χ0n) is 21.0. The lowest BCUT2D eigenvalue weighted by atomic mass is 10.0. The number of benzene rings is 2. The summed E-state index contributed by atoms with van der Waals surface area (Å²) in [5.41, 5.74) is 2.79. The number of aromatic nitrogens is 2. The number of nitrogens with zero attached hydrogens (tertiary/aromatic N) is 3. The number of pyridine rings is 2. The molecule has 9 nitrogen and oxygen atoms in total. The van der Waals surface area contributed by atoms with E-state index in [1.54, 1.807) is 24.3 Å². The van der Waals surface area contributed by atoms with Crippen molar-refractivity contribution in [2.75, 3.05) is 17.7 Å². The third kappa shape index (κ3) is 6.91. The van der Waals surface area contributed by atoms with Crippen molar-refractivity contribution in [3.8, 4) is 5.88 Å². The molecule has 0 aliphatic rings. The second-order valence-electron chi connectivity index (χ2n) is 8.24. The summed E-state index contributed by atoms with van der Waals surface area (Å²) in [6.45, 7) is 0. The lowest BCUT2D eigenvalue weighted by Gasteiger charge is -2.16. The summed E-state index contributed by atoms with van der Waals surface area (Å²) in [6.07, 6.45) is -2.00. The molecular formula is C27H19Cl2F3N6O3. The standard InChI is InChI=1S/C27H19Cl2F3N6O3/c1-41-21-9-8-15(13-35-21)36-25(39)17-11-14-5-2-3-6-16(14)22(29)23(17)38-26(40)19(12-20(33)27(30,31)32)37-24-18(28)7-4-10-34-24/h2-13H,33H2,1H3,(H,36,39)(H,38,40). The molecule has 0 saturated heterocycles. The van der Waals surface area contributed by atoms with Crippen LogP contribution in [0.2, 0.25) is 10.0 Å². The van der Waals surface area contributed by atoms with Gasteiger partial charge in [0.15, 0.2) is 5.82 Å². The van der Waals surface area contributed by atoms with Gasteiger partial charge >= 0.3 is 6.18 Å². The van der Waals surface area contributed by atoms with Crippen molar-refractivity contribution in [3.05, 3.63) is 94.4 Å². The molecule has 2 amide bonds. The highest BCUT2D eigenvalue weighted by Gasteiger charge is 2.33. The zero-order valence-corrected chi connectivity index (χ0v) is 22.5. The maximum atomic E-state index is 13.4. The van der Waals surface area contributed by atoms with E-state index >= 15 is 0 Å². The molecule has 0 bridgehead atoms. The van der Waals surface area contributed by atoms with E-state index in [1.807, 2.05) is 0 Å². The number of anilines is 2. The smallest absolute Gasteiger partial charge is 0.430 e. The lowest BCUT2D eigenvalue weighted by molar-refractivity contribution is -0.110. The number of amides is 2. The minimum absolute atomic E-state index is 0.0336. The highest BCUT2D eigenvalue weighted by atomic mass is 35.5. The maximum absolute atomic E-state index is 13.4. The average Bonchev–Trinajstić information content (AvgIpc) is 2.95. The molecule has 0 atom stereocenters. The molecule has 0 unspecified atom stereocenters. The molecule has 14 heteroatoms. The Morgan fingerprint density at radius 2 is 1.80 bits per heavy atom. The summed E-state index contributed by atoms with van der Waals surface area (Å²) in [4.78, 5) is 38.6. The van der Waals surface area contributed by atoms with Gasteiger partial charge in [0, 0.05) is 17.6 Å². The Morgan fingerprint density at radius 3 is 2.46 bits per heavy atom. The summed E-state index contributed by atoms with van der Waals surface area (Å²) in [7, 11) is 1.43. The van der Waals surface area contributed by atoms with E-state index in [-0.39, 0.29) is 27.1 Å². The normalized spacial score (nSPS) is 12.2. The third-order valence-corrected chi connectivity index (χ3v) is 6.18. The largest absolute Gasteiger partial charge is 0.481 e. The molecule has 0 radical (unpaired) electrons. The topological polar surface area (TPSA) is 132 Å². The van der Waals surface area contributed by atoms with Crippen LogP contribution >= 0.6 is 23.2 Å². The van der Waals surface area contributed by atoms with Gasteiger partial charge in [-0.2, -0.15) is 13.2 Å². The van der Waals surface area contributed by atoms with E-state index < -0.39 is 29.4 Å². The molecule has 4 N–H and O–H groups in total. The number of hydrogen-bond acceptors (Lipinski definition) is 7. The molecule has 0 fully saturated rings. The maximum Gasteiger partial charge on any atom is 0.430 e. The first-order chi connectivity index (χ1) is 19.5. The van der Waals surface area contributed by atoms with Crippen molar-refractivity contribution in [1.82, 2.24) is 9.97 Å². The van der Waals surface area contributed by atoms with Crippen LogP contribution in [0.3, 0.4) is 0 Å². The fourth-order valence-corrected chi connectivity index (χ4v) is 3.99. The van der Waals surface area contributed by atoms with Gasteiger partial charge in [-0.3, -0.25) is 9.59 Å². The number of fused-ring (bicyclic) bond motifs is 1. The second kappa shape index (κ2) is 12.2. The molecule has 0 aliphatic carbocycles. The molecule has 0 spiro atoms. The summed E-state index contributed by atoms with van der Waals surface area (Å²) in [6, 6.07) is 14.1. The lowest BCUT2D eigenvalue weighted by Crippen LogP contribution is -2.27. The van der Waals surface area contributed by atoms with Gasteiger partial charge in [-0.05, 0) is 35.7 Å². The Kier molecular flexibility index (Phi) is 8.74.